The second-order valence-corrected chi connectivity index (χ2v) is 11.2. The predicted molar refractivity (Wildman–Crippen MR) is 171 cm³/mol. The number of carbonyl (C=O) groups is 6. The Morgan fingerprint density at radius 2 is 1.15 bits per heavy atom. The number of primary amides is 1. The highest BCUT2D eigenvalue weighted by atomic mass is 16.4. The summed E-state index contributed by atoms with van der Waals surface area (Å²) >= 11 is 0. The molecule has 2 aromatic carbocycles. The summed E-state index contributed by atoms with van der Waals surface area (Å²) in [5, 5.41) is 28.4. The number of aliphatic carboxylic acids is 2. The van der Waals surface area contributed by atoms with Crippen LogP contribution in [0.2, 0.25) is 0 Å². The van der Waals surface area contributed by atoms with Crippen LogP contribution in [-0.2, 0) is 41.6 Å². The first-order chi connectivity index (χ1) is 22.4. The molecule has 47 heavy (non-hydrogen) atoms. The monoisotopic (exact) mass is 647 g/mol. The fraction of sp³-hybridized carbons (Fsp3) is 0.312. The lowest BCUT2D eigenvalue weighted by atomic mass is 10.0. The van der Waals surface area contributed by atoms with Gasteiger partial charge in [0.25, 0.3) is 0 Å². The largest absolute Gasteiger partial charge is 0.481 e. The first-order valence-corrected chi connectivity index (χ1v) is 14.9. The van der Waals surface area contributed by atoms with Crippen LogP contribution >= 0.6 is 0 Å². The molecule has 15 nitrogen and oxygen atoms in total. The Kier molecular flexibility index (Phi) is 11.3. The molecule has 2 heterocycles. The Hall–Kier alpha value is -5.70. The number of amides is 4. The van der Waals surface area contributed by atoms with Crippen molar-refractivity contribution in [3.05, 3.63) is 72.1 Å². The van der Waals surface area contributed by atoms with Crippen molar-refractivity contribution in [3.63, 3.8) is 0 Å². The zero-order chi connectivity index (χ0) is 34.1. The van der Waals surface area contributed by atoms with E-state index in [2.05, 4.69) is 25.9 Å². The Morgan fingerprint density at radius 1 is 0.660 bits per heavy atom. The predicted octanol–water partition coefficient (Wildman–Crippen LogP) is 0.431. The fourth-order valence-corrected chi connectivity index (χ4v) is 5.24. The number of carbonyl (C=O) groups excluding carboxylic acids is 4. The van der Waals surface area contributed by atoms with Gasteiger partial charge in [-0.1, -0.05) is 36.4 Å². The van der Waals surface area contributed by atoms with E-state index in [0.717, 1.165) is 21.8 Å². The average molecular weight is 648 g/mol. The van der Waals surface area contributed by atoms with Crippen molar-refractivity contribution < 1.29 is 39.0 Å². The van der Waals surface area contributed by atoms with Gasteiger partial charge in [-0.05, 0) is 36.1 Å². The molecular formula is C32H37N7O8. The van der Waals surface area contributed by atoms with Crippen LogP contribution in [0.4, 0.5) is 0 Å². The van der Waals surface area contributed by atoms with Gasteiger partial charge in [-0.25, -0.2) is 4.79 Å². The molecule has 0 saturated heterocycles. The number of rotatable bonds is 17. The summed E-state index contributed by atoms with van der Waals surface area (Å²) in [6, 6.07) is 9.24. The average Bonchev–Trinajstić information content (AvgIpc) is 3.64. The molecule has 0 bridgehead atoms. The molecule has 11 N–H and O–H groups in total. The Bertz CT molecular complexity index is 1780. The molecule has 4 unspecified atom stereocenters. The number of para-hydroxylation sites is 2. The molecular weight excluding hydrogens is 610 g/mol. The summed E-state index contributed by atoms with van der Waals surface area (Å²) in [6.07, 6.45) is 2.08. The second-order valence-electron chi connectivity index (χ2n) is 11.2. The molecule has 0 radical (unpaired) electrons. The minimum Gasteiger partial charge on any atom is -0.481 e. The lowest BCUT2D eigenvalue weighted by molar-refractivity contribution is -0.142. The van der Waals surface area contributed by atoms with Crippen molar-refractivity contribution in [2.24, 2.45) is 11.5 Å². The number of fused-ring (bicyclic) bond motifs is 2. The lowest BCUT2D eigenvalue weighted by Gasteiger charge is -2.25. The van der Waals surface area contributed by atoms with Crippen LogP contribution in [0, 0.1) is 0 Å². The van der Waals surface area contributed by atoms with E-state index in [9.17, 15) is 39.0 Å². The molecule has 4 rings (SSSR count). The van der Waals surface area contributed by atoms with E-state index < -0.39 is 66.2 Å². The standard InChI is InChI=1S/C32H37N7O8/c33-21(9-11-27(34)40)29(43)37-24(10-12-28(41)42)30(44)38-25(13-17-15-35-22-7-3-1-5-19(17)22)31(45)39-26(32(46)47)14-18-16-36-23-8-4-2-6-20(18)23/h1-8,15-16,21,24-26,35-36H,9-14,33H2,(H2,34,40)(H,37,43)(H,38,44)(H,39,45)(H,41,42)(H,46,47). The molecule has 4 amide bonds. The number of carboxylic acids is 2. The number of nitrogens with two attached hydrogens (primary N) is 2. The number of aromatic nitrogens is 2. The minimum atomic E-state index is -1.42. The van der Waals surface area contributed by atoms with E-state index in [0.29, 0.717) is 11.1 Å². The lowest BCUT2D eigenvalue weighted by Crippen LogP contribution is -2.58. The van der Waals surface area contributed by atoms with E-state index >= 15 is 0 Å². The van der Waals surface area contributed by atoms with Crippen LogP contribution in [0.1, 0.15) is 36.8 Å². The van der Waals surface area contributed by atoms with Gasteiger partial charge in [-0.15, -0.1) is 0 Å². The summed E-state index contributed by atoms with van der Waals surface area (Å²) < 4.78 is 0. The van der Waals surface area contributed by atoms with Crippen LogP contribution in [0.25, 0.3) is 21.8 Å². The topological polar surface area (TPSA) is 263 Å². The maximum absolute atomic E-state index is 13.8. The first-order valence-electron chi connectivity index (χ1n) is 14.9. The van der Waals surface area contributed by atoms with Gasteiger partial charge in [0, 0.05) is 59.9 Å². The summed E-state index contributed by atoms with van der Waals surface area (Å²) in [4.78, 5) is 81.0. The van der Waals surface area contributed by atoms with Crippen LogP contribution in [-0.4, -0.2) is 79.9 Å². The molecule has 0 fully saturated rings. The zero-order valence-corrected chi connectivity index (χ0v) is 25.3. The molecule has 15 heteroatoms. The molecule has 2 aromatic heterocycles. The van der Waals surface area contributed by atoms with E-state index in [1.54, 1.807) is 18.5 Å². The second kappa shape index (κ2) is 15.5. The number of aromatic amines is 2. The van der Waals surface area contributed by atoms with Crippen LogP contribution < -0.4 is 27.4 Å². The van der Waals surface area contributed by atoms with Gasteiger partial charge in [0.15, 0.2) is 0 Å². The van der Waals surface area contributed by atoms with Crippen molar-refractivity contribution in [1.82, 2.24) is 25.9 Å². The van der Waals surface area contributed by atoms with Crippen molar-refractivity contribution in [2.75, 3.05) is 0 Å². The third kappa shape index (κ3) is 9.17. The summed E-state index contributed by atoms with van der Waals surface area (Å²) in [6.45, 7) is 0. The number of carboxylic acid groups (broad SMARTS) is 2. The van der Waals surface area contributed by atoms with E-state index in [-0.39, 0.29) is 32.1 Å². The third-order valence-electron chi connectivity index (χ3n) is 7.76. The third-order valence-corrected chi connectivity index (χ3v) is 7.76. The SMILES string of the molecule is NC(=O)CCC(N)C(=O)NC(CCC(=O)O)C(=O)NC(Cc1c[nH]c2ccccc12)C(=O)NC(Cc1c[nH]c2ccccc12)C(=O)O. The molecule has 0 spiro atoms. The highest BCUT2D eigenvalue weighted by molar-refractivity contribution is 5.95. The summed E-state index contributed by atoms with van der Waals surface area (Å²) in [7, 11) is 0. The van der Waals surface area contributed by atoms with Gasteiger partial charge in [0.05, 0.1) is 6.04 Å². The molecule has 4 atom stereocenters. The van der Waals surface area contributed by atoms with Crippen molar-refractivity contribution in [2.45, 2.75) is 62.7 Å². The molecule has 248 valence electrons. The van der Waals surface area contributed by atoms with Crippen molar-refractivity contribution >= 4 is 57.4 Å². The number of hydrogen-bond acceptors (Lipinski definition) is 7. The summed E-state index contributed by atoms with van der Waals surface area (Å²) in [5.74, 6) is -5.72. The van der Waals surface area contributed by atoms with Gasteiger partial charge >= 0.3 is 11.9 Å². The number of nitrogens with one attached hydrogen (secondary N) is 5. The zero-order valence-electron chi connectivity index (χ0n) is 25.3. The Labute approximate surface area is 268 Å². The molecule has 0 aliphatic rings. The van der Waals surface area contributed by atoms with Crippen molar-refractivity contribution in [1.29, 1.82) is 0 Å². The summed E-state index contributed by atoms with van der Waals surface area (Å²) in [5.41, 5.74) is 13.8. The molecule has 0 saturated carbocycles. The number of benzene rings is 2. The first kappa shape index (κ1) is 34.2. The van der Waals surface area contributed by atoms with E-state index in [1.165, 1.54) is 0 Å². The van der Waals surface area contributed by atoms with Gasteiger partial charge in [-0.3, -0.25) is 24.0 Å². The smallest absolute Gasteiger partial charge is 0.326 e. The highest BCUT2D eigenvalue weighted by Gasteiger charge is 2.32. The van der Waals surface area contributed by atoms with Gasteiger partial charge in [-0.2, -0.15) is 0 Å². The Morgan fingerprint density at radius 3 is 1.68 bits per heavy atom. The maximum atomic E-state index is 13.8. The Balaban J connectivity index is 1.58. The number of hydrogen-bond donors (Lipinski definition) is 9. The molecule has 0 aliphatic carbocycles. The van der Waals surface area contributed by atoms with E-state index in [1.807, 2.05) is 42.5 Å². The van der Waals surface area contributed by atoms with Gasteiger partial charge in [0.2, 0.25) is 23.6 Å². The van der Waals surface area contributed by atoms with E-state index in [4.69, 9.17) is 11.5 Å². The van der Waals surface area contributed by atoms with Crippen LogP contribution in [0.15, 0.2) is 60.9 Å². The van der Waals surface area contributed by atoms with Gasteiger partial charge < -0.3 is 47.6 Å². The minimum absolute atomic E-state index is 0.0562. The van der Waals surface area contributed by atoms with Crippen LogP contribution in [0.5, 0.6) is 0 Å². The number of H-pyrrole nitrogens is 2. The fourth-order valence-electron chi connectivity index (χ4n) is 5.24. The quantitative estimate of drug-likeness (QED) is 0.0768. The highest BCUT2D eigenvalue weighted by Crippen LogP contribution is 2.21. The maximum Gasteiger partial charge on any atom is 0.326 e. The molecule has 4 aromatic rings. The molecule has 0 aliphatic heterocycles. The normalized spacial score (nSPS) is 13.7. The van der Waals surface area contributed by atoms with Crippen LogP contribution in [0.3, 0.4) is 0 Å². The van der Waals surface area contributed by atoms with Crippen molar-refractivity contribution in [3.8, 4) is 0 Å². The van der Waals surface area contributed by atoms with Gasteiger partial charge in [0.1, 0.15) is 18.1 Å².